The van der Waals surface area contributed by atoms with Crippen LogP contribution in [0.5, 0.6) is 0 Å². The predicted octanol–water partition coefficient (Wildman–Crippen LogP) is 4.42. The van der Waals surface area contributed by atoms with Gasteiger partial charge in [-0.15, -0.1) is 0 Å². The molecule has 1 N–H and O–H groups in total. The van der Waals surface area contributed by atoms with Gasteiger partial charge < -0.3 is 5.11 Å². The van der Waals surface area contributed by atoms with Gasteiger partial charge in [0.05, 0.1) is 6.61 Å². The zero-order valence-corrected chi connectivity index (χ0v) is 11.7. The van der Waals surface area contributed by atoms with Crippen molar-refractivity contribution in [2.45, 2.75) is 13.0 Å². The Kier molecular flexibility index (Phi) is 2.87. The predicted molar refractivity (Wildman–Crippen MR) is 86.0 cm³/mol. The molecule has 0 aliphatic heterocycles. The van der Waals surface area contributed by atoms with Gasteiger partial charge in [0.1, 0.15) is 0 Å². The fourth-order valence-corrected chi connectivity index (χ4v) is 3.34. The highest BCUT2D eigenvalue weighted by Crippen LogP contribution is 2.41. The Morgan fingerprint density at radius 2 is 1.43 bits per heavy atom. The summed E-state index contributed by atoms with van der Waals surface area (Å²) in [6.07, 6.45) is 0.919. The van der Waals surface area contributed by atoms with E-state index < -0.39 is 0 Å². The van der Waals surface area contributed by atoms with Crippen molar-refractivity contribution in [3.05, 3.63) is 83.4 Å². The lowest BCUT2D eigenvalue weighted by atomic mass is 9.92. The Balaban J connectivity index is 1.94. The number of fused-ring (bicyclic) bond motifs is 3. The zero-order chi connectivity index (χ0) is 14.2. The molecule has 0 atom stereocenters. The van der Waals surface area contributed by atoms with Crippen molar-refractivity contribution in [3.63, 3.8) is 0 Å². The van der Waals surface area contributed by atoms with Gasteiger partial charge in [0.25, 0.3) is 0 Å². The number of rotatable bonds is 2. The van der Waals surface area contributed by atoms with E-state index in [-0.39, 0.29) is 6.61 Å². The molecule has 0 spiro atoms. The molecular weight excluding hydrogens is 256 g/mol. The summed E-state index contributed by atoms with van der Waals surface area (Å²) in [6, 6.07) is 23.2. The molecule has 0 radical (unpaired) electrons. The van der Waals surface area contributed by atoms with Gasteiger partial charge in [0.2, 0.25) is 0 Å². The lowest BCUT2D eigenvalue weighted by molar-refractivity contribution is 0.281. The maximum atomic E-state index is 9.92. The van der Waals surface area contributed by atoms with Crippen molar-refractivity contribution < 1.29 is 5.11 Å². The quantitative estimate of drug-likeness (QED) is 0.573. The minimum absolute atomic E-state index is 0.0847. The smallest absolute Gasteiger partial charge is 0.0690 e. The second-order valence-electron chi connectivity index (χ2n) is 5.48. The number of hydrogen-bond donors (Lipinski definition) is 1. The monoisotopic (exact) mass is 272 g/mol. The molecule has 0 amide bonds. The van der Waals surface area contributed by atoms with E-state index in [0.29, 0.717) is 0 Å². The van der Waals surface area contributed by atoms with Crippen LogP contribution in [0.25, 0.3) is 22.3 Å². The average molecular weight is 272 g/mol. The molecule has 0 saturated carbocycles. The molecule has 1 aliphatic carbocycles. The number of benzene rings is 3. The normalized spacial score (nSPS) is 12.0. The first-order valence-electron chi connectivity index (χ1n) is 7.28. The maximum absolute atomic E-state index is 9.92. The summed E-state index contributed by atoms with van der Waals surface area (Å²) in [7, 11) is 0. The van der Waals surface area contributed by atoms with Gasteiger partial charge in [0, 0.05) is 0 Å². The van der Waals surface area contributed by atoms with Crippen LogP contribution in [0.15, 0.2) is 66.7 Å². The van der Waals surface area contributed by atoms with Gasteiger partial charge in [-0.1, -0.05) is 66.7 Å². The summed E-state index contributed by atoms with van der Waals surface area (Å²) in [4.78, 5) is 0. The summed E-state index contributed by atoms with van der Waals surface area (Å²) in [5, 5.41) is 9.92. The fraction of sp³-hybridized carbons (Fsp3) is 0.100. The van der Waals surface area contributed by atoms with Gasteiger partial charge in [0.15, 0.2) is 0 Å². The van der Waals surface area contributed by atoms with E-state index in [1.165, 1.54) is 27.8 Å². The highest BCUT2D eigenvalue weighted by Gasteiger charge is 2.22. The third-order valence-electron chi connectivity index (χ3n) is 4.35. The van der Waals surface area contributed by atoms with E-state index in [1.54, 1.807) is 0 Å². The molecule has 1 heteroatoms. The van der Waals surface area contributed by atoms with Gasteiger partial charge in [-0.05, 0) is 45.4 Å². The minimum Gasteiger partial charge on any atom is -0.392 e. The first kappa shape index (κ1) is 12.4. The average Bonchev–Trinajstić information content (AvgIpc) is 2.93. The topological polar surface area (TPSA) is 20.2 Å². The van der Waals surface area contributed by atoms with E-state index in [1.807, 2.05) is 18.2 Å². The Morgan fingerprint density at radius 1 is 0.714 bits per heavy atom. The molecule has 1 aliphatic rings. The summed E-state index contributed by atoms with van der Waals surface area (Å²) in [5.74, 6) is 0. The van der Waals surface area contributed by atoms with Crippen molar-refractivity contribution in [3.8, 4) is 22.3 Å². The summed E-state index contributed by atoms with van der Waals surface area (Å²) in [6.45, 7) is 0.0847. The van der Waals surface area contributed by atoms with Gasteiger partial charge in [-0.25, -0.2) is 0 Å². The molecule has 0 unspecified atom stereocenters. The first-order valence-corrected chi connectivity index (χ1v) is 7.28. The van der Waals surface area contributed by atoms with Crippen molar-refractivity contribution in [1.82, 2.24) is 0 Å². The van der Waals surface area contributed by atoms with E-state index in [9.17, 15) is 5.11 Å². The van der Waals surface area contributed by atoms with Crippen LogP contribution in [-0.2, 0) is 13.0 Å². The largest absolute Gasteiger partial charge is 0.392 e. The van der Waals surface area contributed by atoms with Crippen LogP contribution in [0.3, 0.4) is 0 Å². The van der Waals surface area contributed by atoms with E-state index in [2.05, 4.69) is 48.5 Å². The van der Waals surface area contributed by atoms with E-state index in [0.717, 1.165) is 17.5 Å². The lowest BCUT2D eigenvalue weighted by Crippen LogP contribution is -1.96. The molecular formula is C20H16O. The van der Waals surface area contributed by atoms with E-state index >= 15 is 0 Å². The third kappa shape index (κ3) is 1.90. The van der Waals surface area contributed by atoms with E-state index in [4.69, 9.17) is 0 Å². The highest BCUT2D eigenvalue weighted by molar-refractivity contribution is 5.82. The first-order chi connectivity index (χ1) is 10.4. The number of aliphatic hydroxyl groups excluding tert-OH is 1. The van der Waals surface area contributed by atoms with Crippen molar-refractivity contribution in [1.29, 1.82) is 0 Å². The van der Waals surface area contributed by atoms with Crippen LogP contribution in [0, 0.1) is 0 Å². The van der Waals surface area contributed by atoms with Gasteiger partial charge in [-0.2, -0.15) is 0 Å². The van der Waals surface area contributed by atoms with Crippen LogP contribution >= 0.6 is 0 Å². The molecule has 0 saturated heterocycles. The van der Waals surface area contributed by atoms with Crippen LogP contribution < -0.4 is 0 Å². The Hall–Kier alpha value is -2.38. The standard InChI is InChI=1S/C20H16O/c21-13-20-17(14-6-2-1-3-7-14)10-11-18-16-9-5-4-8-15(16)12-19(18)20/h1-11,21H,12-13H2. The lowest BCUT2D eigenvalue weighted by Gasteiger charge is -2.13. The molecule has 4 rings (SSSR count). The van der Waals surface area contributed by atoms with Gasteiger partial charge >= 0.3 is 0 Å². The maximum Gasteiger partial charge on any atom is 0.0690 e. The molecule has 0 bridgehead atoms. The molecule has 0 aromatic heterocycles. The Bertz CT molecular complexity index is 803. The second kappa shape index (κ2) is 4.87. The second-order valence-corrected chi connectivity index (χ2v) is 5.48. The molecule has 21 heavy (non-hydrogen) atoms. The molecule has 102 valence electrons. The van der Waals surface area contributed by atoms with Crippen molar-refractivity contribution in [2.24, 2.45) is 0 Å². The van der Waals surface area contributed by atoms with Crippen LogP contribution in [-0.4, -0.2) is 5.11 Å². The Morgan fingerprint density at radius 3 is 2.24 bits per heavy atom. The highest BCUT2D eigenvalue weighted by atomic mass is 16.3. The van der Waals surface area contributed by atoms with Crippen LogP contribution in [0.4, 0.5) is 0 Å². The summed E-state index contributed by atoms with van der Waals surface area (Å²) < 4.78 is 0. The van der Waals surface area contributed by atoms with Crippen LogP contribution in [0.2, 0.25) is 0 Å². The number of aliphatic hydroxyl groups is 1. The summed E-state index contributed by atoms with van der Waals surface area (Å²) in [5.41, 5.74) is 8.59. The molecule has 0 fully saturated rings. The SMILES string of the molecule is OCc1c(-c2ccccc2)ccc2c1Cc1ccccc1-2. The third-order valence-corrected chi connectivity index (χ3v) is 4.35. The zero-order valence-electron chi connectivity index (χ0n) is 11.7. The van der Waals surface area contributed by atoms with Crippen molar-refractivity contribution in [2.75, 3.05) is 0 Å². The summed E-state index contributed by atoms with van der Waals surface area (Å²) >= 11 is 0. The van der Waals surface area contributed by atoms with Crippen LogP contribution in [0.1, 0.15) is 16.7 Å². The Labute approximate surface area is 124 Å². The van der Waals surface area contributed by atoms with Gasteiger partial charge in [-0.3, -0.25) is 0 Å². The van der Waals surface area contributed by atoms with Crippen molar-refractivity contribution >= 4 is 0 Å². The molecule has 1 nitrogen and oxygen atoms in total. The molecule has 3 aromatic carbocycles. The molecule has 3 aromatic rings. The molecule has 0 heterocycles. The number of hydrogen-bond acceptors (Lipinski definition) is 1. The minimum atomic E-state index is 0.0847. The fourth-order valence-electron chi connectivity index (χ4n) is 3.34.